The highest BCUT2D eigenvalue weighted by Crippen LogP contribution is 2.29. The molecule has 2 rings (SSSR count). The minimum Gasteiger partial charge on any atom is -0.440 e. The highest BCUT2D eigenvalue weighted by atomic mass is 32.2. The van der Waals surface area contributed by atoms with Crippen molar-refractivity contribution in [2.24, 2.45) is 0 Å². The van der Waals surface area contributed by atoms with E-state index in [0.29, 0.717) is 5.22 Å². The van der Waals surface area contributed by atoms with Gasteiger partial charge in [0.15, 0.2) is 0 Å². The summed E-state index contributed by atoms with van der Waals surface area (Å²) in [7, 11) is 0. The van der Waals surface area contributed by atoms with Crippen molar-refractivity contribution in [2.45, 2.75) is 23.3 Å². The molecule has 2 heterocycles. The first-order valence-electron chi connectivity index (χ1n) is 4.47. The molecule has 4 nitrogen and oxygen atoms in total. The number of rotatable bonds is 3. The highest BCUT2D eigenvalue weighted by molar-refractivity contribution is 7.99. The molecule has 0 aliphatic rings. The van der Waals surface area contributed by atoms with E-state index in [1.165, 1.54) is 18.0 Å². The quantitative estimate of drug-likeness (QED) is 0.863. The van der Waals surface area contributed by atoms with E-state index in [0.717, 1.165) is 10.6 Å². The lowest BCUT2D eigenvalue weighted by Gasteiger charge is -2.07. The largest absolute Gasteiger partial charge is 0.440 e. The minimum atomic E-state index is -0.545. The standard InChI is InChI=1S/C10H10N2O2S/c1-7(13)8-3-2-4-11-9(8)15-10-12-5-6-14-10/h2-7,13H,1H3/t7-/m0/s1. The van der Waals surface area contributed by atoms with Crippen molar-refractivity contribution >= 4 is 11.8 Å². The van der Waals surface area contributed by atoms with Crippen molar-refractivity contribution in [1.82, 2.24) is 9.97 Å². The van der Waals surface area contributed by atoms with Crippen LogP contribution in [-0.4, -0.2) is 15.1 Å². The molecule has 15 heavy (non-hydrogen) atoms. The zero-order valence-corrected chi connectivity index (χ0v) is 8.94. The molecule has 0 bridgehead atoms. The molecule has 2 aromatic heterocycles. The molecule has 1 atom stereocenters. The zero-order valence-electron chi connectivity index (χ0n) is 8.12. The molecule has 0 spiro atoms. The molecule has 0 radical (unpaired) electrons. The smallest absolute Gasteiger partial charge is 0.261 e. The summed E-state index contributed by atoms with van der Waals surface area (Å²) in [6.45, 7) is 1.70. The summed E-state index contributed by atoms with van der Waals surface area (Å²) < 4.78 is 5.10. The van der Waals surface area contributed by atoms with E-state index in [1.807, 2.05) is 6.07 Å². The van der Waals surface area contributed by atoms with Crippen molar-refractivity contribution in [3.8, 4) is 0 Å². The third-order valence-corrected chi connectivity index (χ3v) is 2.76. The van der Waals surface area contributed by atoms with Crippen LogP contribution in [-0.2, 0) is 0 Å². The second kappa shape index (κ2) is 4.46. The number of aliphatic hydroxyl groups is 1. The van der Waals surface area contributed by atoms with Crippen molar-refractivity contribution in [3.05, 3.63) is 36.4 Å². The molecule has 0 aliphatic carbocycles. The summed E-state index contributed by atoms with van der Waals surface area (Å²) >= 11 is 1.30. The SMILES string of the molecule is C[C@H](O)c1cccnc1Sc1ncco1. The van der Waals surface area contributed by atoms with Gasteiger partial charge in [-0.15, -0.1) is 0 Å². The van der Waals surface area contributed by atoms with Gasteiger partial charge in [-0.1, -0.05) is 6.07 Å². The van der Waals surface area contributed by atoms with Crippen LogP contribution >= 0.6 is 11.8 Å². The van der Waals surface area contributed by atoms with Crippen LogP contribution in [0.15, 0.2) is 45.5 Å². The second-order valence-corrected chi connectivity index (χ2v) is 3.91. The Kier molecular flexibility index (Phi) is 3.03. The van der Waals surface area contributed by atoms with Gasteiger partial charge in [0.25, 0.3) is 5.22 Å². The fourth-order valence-electron chi connectivity index (χ4n) is 1.15. The van der Waals surface area contributed by atoms with Gasteiger partial charge in [0.05, 0.1) is 12.3 Å². The Bertz CT molecular complexity index is 429. The molecule has 2 aromatic rings. The molecule has 5 heteroatoms. The summed E-state index contributed by atoms with van der Waals surface area (Å²) in [5.41, 5.74) is 0.778. The average Bonchev–Trinajstić information content (AvgIpc) is 2.71. The third kappa shape index (κ3) is 2.37. The number of pyridine rings is 1. The van der Waals surface area contributed by atoms with Crippen LogP contribution in [0.4, 0.5) is 0 Å². The Labute approximate surface area is 91.4 Å². The first kappa shape index (κ1) is 10.2. The van der Waals surface area contributed by atoms with Crippen LogP contribution in [0.1, 0.15) is 18.6 Å². The number of nitrogens with zero attached hydrogens (tertiary/aromatic N) is 2. The molecule has 0 aliphatic heterocycles. The Balaban J connectivity index is 2.28. The highest BCUT2D eigenvalue weighted by Gasteiger charge is 2.11. The summed E-state index contributed by atoms with van der Waals surface area (Å²) in [5.74, 6) is 0. The van der Waals surface area contributed by atoms with Crippen LogP contribution in [0.2, 0.25) is 0 Å². The van der Waals surface area contributed by atoms with Crippen LogP contribution in [0, 0.1) is 0 Å². The molecule has 0 unspecified atom stereocenters. The van der Waals surface area contributed by atoms with Gasteiger partial charge in [0, 0.05) is 11.8 Å². The number of oxazole rings is 1. The zero-order chi connectivity index (χ0) is 10.7. The van der Waals surface area contributed by atoms with Gasteiger partial charge >= 0.3 is 0 Å². The minimum absolute atomic E-state index is 0.524. The van der Waals surface area contributed by atoms with E-state index in [2.05, 4.69) is 9.97 Å². The van der Waals surface area contributed by atoms with Gasteiger partial charge in [-0.2, -0.15) is 0 Å². The van der Waals surface area contributed by atoms with Crippen LogP contribution in [0.5, 0.6) is 0 Å². The summed E-state index contributed by atoms with van der Waals surface area (Å²) in [6, 6.07) is 3.63. The molecule has 0 aromatic carbocycles. The second-order valence-electron chi connectivity index (χ2n) is 2.97. The lowest BCUT2D eigenvalue weighted by molar-refractivity contribution is 0.195. The predicted molar refractivity (Wildman–Crippen MR) is 55.5 cm³/mol. The van der Waals surface area contributed by atoms with E-state index in [1.54, 1.807) is 25.4 Å². The van der Waals surface area contributed by atoms with Crippen molar-refractivity contribution in [3.63, 3.8) is 0 Å². The van der Waals surface area contributed by atoms with Gasteiger partial charge in [-0.05, 0) is 24.8 Å². The topological polar surface area (TPSA) is 59.2 Å². The molecular weight excluding hydrogens is 212 g/mol. The van der Waals surface area contributed by atoms with Crippen LogP contribution in [0.25, 0.3) is 0 Å². The Morgan fingerprint density at radius 3 is 2.93 bits per heavy atom. The lowest BCUT2D eigenvalue weighted by Crippen LogP contribution is -1.95. The molecule has 0 fully saturated rings. The molecule has 0 saturated heterocycles. The van der Waals surface area contributed by atoms with E-state index >= 15 is 0 Å². The Morgan fingerprint density at radius 2 is 2.27 bits per heavy atom. The first-order chi connectivity index (χ1) is 7.27. The van der Waals surface area contributed by atoms with Crippen molar-refractivity contribution in [1.29, 1.82) is 0 Å². The molecule has 0 amide bonds. The van der Waals surface area contributed by atoms with Gasteiger partial charge in [0.2, 0.25) is 0 Å². The monoisotopic (exact) mass is 222 g/mol. The maximum absolute atomic E-state index is 9.53. The maximum atomic E-state index is 9.53. The Morgan fingerprint density at radius 1 is 1.40 bits per heavy atom. The van der Waals surface area contributed by atoms with Crippen LogP contribution in [0.3, 0.4) is 0 Å². The average molecular weight is 222 g/mol. The van der Waals surface area contributed by atoms with E-state index in [4.69, 9.17) is 4.42 Å². The van der Waals surface area contributed by atoms with Gasteiger partial charge in [-0.3, -0.25) is 0 Å². The van der Waals surface area contributed by atoms with E-state index in [9.17, 15) is 5.11 Å². The van der Waals surface area contributed by atoms with Gasteiger partial charge < -0.3 is 9.52 Å². The fourth-order valence-corrected chi connectivity index (χ4v) is 2.00. The van der Waals surface area contributed by atoms with Crippen molar-refractivity contribution in [2.75, 3.05) is 0 Å². The third-order valence-electron chi connectivity index (χ3n) is 1.84. The van der Waals surface area contributed by atoms with Crippen molar-refractivity contribution < 1.29 is 9.52 Å². The fraction of sp³-hybridized carbons (Fsp3) is 0.200. The van der Waals surface area contributed by atoms with Crippen LogP contribution < -0.4 is 0 Å². The summed E-state index contributed by atoms with van der Waals surface area (Å²) in [5, 5.41) is 10.8. The maximum Gasteiger partial charge on any atom is 0.261 e. The molecular formula is C10H10N2O2S. The Hall–Kier alpha value is -1.33. The van der Waals surface area contributed by atoms with Gasteiger partial charge in [0.1, 0.15) is 11.3 Å². The van der Waals surface area contributed by atoms with E-state index in [-0.39, 0.29) is 0 Å². The summed E-state index contributed by atoms with van der Waals surface area (Å²) in [6.07, 6.45) is 4.22. The lowest BCUT2D eigenvalue weighted by atomic mass is 10.2. The number of hydrogen-bond donors (Lipinski definition) is 1. The summed E-state index contributed by atoms with van der Waals surface area (Å²) in [4.78, 5) is 8.16. The number of hydrogen-bond acceptors (Lipinski definition) is 5. The molecule has 0 saturated carbocycles. The van der Waals surface area contributed by atoms with E-state index < -0.39 is 6.10 Å². The van der Waals surface area contributed by atoms with Gasteiger partial charge in [-0.25, -0.2) is 9.97 Å². The number of aliphatic hydroxyl groups excluding tert-OH is 1. The molecule has 1 N–H and O–H groups in total. The predicted octanol–water partition coefficient (Wildman–Crippen LogP) is 2.27. The number of aromatic nitrogens is 2. The molecule has 78 valence electrons. The first-order valence-corrected chi connectivity index (χ1v) is 5.29. The normalized spacial score (nSPS) is 12.7.